The van der Waals surface area contributed by atoms with Gasteiger partial charge in [-0.2, -0.15) is 0 Å². The number of halogens is 3. The lowest BCUT2D eigenvalue weighted by molar-refractivity contribution is 0.0697. The molecule has 0 bridgehead atoms. The average molecular weight is 601 g/mol. The van der Waals surface area contributed by atoms with Crippen LogP contribution in [0.4, 0.5) is 13.2 Å². The number of fused-ring (bicyclic) bond motifs is 1. The van der Waals surface area contributed by atoms with Gasteiger partial charge in [-0.1, -0.05) is 18.2 Å². The van der Waals surface area contributed by atoms with E-state index < -0.39 is 23.4 Å². The van der Waals surface area contributed by atoms with Gasteiger partial charge in [0.15, 0.2) is 0 Å². The number of carbonyl (C=O) groups is 1. The summed E-state index contributed by atoms with van der Waals surface area (Å²) in [6, 6.07) is 16.2. The lowest BCUT2D eigenvalue weighted by Crippen LogP contribution is -2.08. The molecule has 0 amide bonds. The number of rotatable bonds is 9. The molecule has 3 heterocycles. The zero-order valence-electron chi connectivity index (χ0n) is 22.7. The van der Waals surface area contributed by atoms with Crippen molar-refractivity contribution in [3.63, 3.8) is 0 Å². The summed E-state index contributed by atoms with van der Waals surface area (Å²) in [5, 5.41) is 12.1. The van der Waals surface area contributed by atoms with Crippen LogP contribution in [0.2, 0.25) is 0 Å². The van der Waals surface area contributed by atoms with Crippen molar-refractivity contribution in [1.29, 1.82) is 0 Å². The van der Waals surface area contributed by atoms with E-state index in [1.807, 2.05) is 5.38 Å². The molecule has 6 aromatic rings. The fourth-order valence-electron chi connectivity index (χ4n) is 4.74. The van der Waals surface area contributed by atoms with Crippen LogP contribution in [0, 0.1) is 24.4 Å². The predicted octanol–water partition coefficient (Wildman–Crippen LogP) is 7.20. The highest BCUT2D eigenvalue weighted by molar-refractivity contribution is 7.09. The van der Waals surface area contributed by atoms with Crippen molar-refractivity contribution in [3.8, 4) is 17.1 Å². The highest BCUT2D eigenvalue weighted by Gasteiger charge is 2.19. The van der Waals surface area contributed by atoms with E-state index in [4.69, 9.17) is 4.74 Å². The van der Waals surface area contributed by atoms with Crippen LogP contribution in [0.15, 0.2) is 78.3 Å². The highest BCUT2D eigenvalue weighted by Crippen LogP contribution is 2.29. The van der Waals surface area contributed by atoms with Gasteiger partial charge in [0.05, 0.1) is 28.8 Å². The van der Waals surface area contributed by atoms with Crippen LogP contribution < -0.4 is 4.74 Å². The summed E-state index contributed by atoms with van der Waals surface area (Å²) in [6.45, 7) is 2.00. The predicted molar refractivity (Wildman–Crippen MR) is 156 cm³/mol. The zero-order chi connectivity index (χ0) is 30.1. The molecule has 0 saturated carbocycles. The van der Waals surface area contributed by atoms with E-state index in [9.17, 15) is 14.3 Å². The number of ether oxygens (including phenoxy) is 1. The number of hydrogen-bond acceptors (Lipinski definition) is 6. The standard InChI is InChI=1S/C32H23F3N4O3S/c1-18-5-6-20(23(33)11-18)17-42-30-4-2-3-26(38-30)22-15-24(34)21(12-25(22)35)14-29-37-27-8-7-19(32(40)41)13-28(27)39(29)16-31-36-9-10-43-31/h2-13,15H,14,16-17H2,1H3,(H,40,41). The van der Waals surface area contributed by atoms with Crippen molar-refractivity contribution in [2.45, 2.75) is 26.5 Å². The van der Waals surface area contributed by atoms with Crippen molar-refractivity contribution in [1.82, 2.24) is 19.5 Å². The van der Waals surface area contributed by atoms with E-state index in [2.05, 4.69) is 15.0 Å². The van der Waals surface area contributed by atoms with Crippen LogP contribution in [0.5, 0.6) is 5.88 Å². The number of benzene rings is 3. The first-order valence-corrected chi connectivity index (χ1v) is 14.1. The molecular weight excluding hydrogens is 577 g/mol. The summed E-state index contributed by atoms with van der Waals surface area (Å²) in [5.41, 5.74) is 2.46. The molecule has 0 aliphatic carbocycles. The van der Waals surface area contributed by atoms with Crippen molar-refractivity contribution in [3.05, 3.63) is 129 Å². The molecule has 0 saturated heterocycles. The normalized spacial score (nSPS) is 11.3. The second-order valence-corrected chi connectivity index (χ2v) is 10.9. The van der Waals surface area contributed by atoms with Gasteiger partial charge in [-0.3, -0.25) is 0 Å². The number of hydrogen-bond donors (Lipinski definition) is 1. The van der Waals surface area contributed by atoms with Crippen molar-refractivity contribution < 1.29 is 27.8 Å². The molecule has 7 nitrogen and oxygen atoms in total. The Morgan fingerprint density at radius 3 is 2.56 bits per heavy atom. The molecule has 1 N–H and O–H groups in total. The molecule has 3 aromatic carbocycles. The minimum Gasteiger partial charge on any atom is -0.478 e. The van der Waals surface area contributed by atoms with E-state index in [0.717, 1.165) is 22.7 Å². The third kappa shape index (κ3) is 5.98. The van der Waals surface area contributed by atoms with Gasteiger partial charge in [0.25, 0.3) is 0 Å². The summed E-state index contributed by atoms with van der Waals surface area (Å²) in [4.78, 5) is 24.8. The number of imidazole rings is 1. The van der Waals surface area contributed by atoms with Gasteiger partial charge in [0.2, 0.25) is 5.88 Å². The first-order chi connectivity index (χ1) is 20.7. The Hall–Kier alpha value is -5.03. The maximum atomic E-state index is 15.5. The summed E-state index contributed by atoms with van der Waals surface area (Å²) >= 11 is 1.42. The molecule has 3 aromatic heterocycles. The summed E-state index contributed by atoms with van der Waals surface area (Å²) in [7, 11) is 0. The Kier molecular flexibility index (Phi) is 7.64. The summed E-state index contributed by atoms with van der Waals surface area (Å²) in [6.07, 6.45) is 1.61. The quantitative estimate of drug-likeness (QED) is 0.189. The number of aromatic nitrogens is 4. The van der Waals surface area contributed by atoms with E-state index in [0.29, 0.717) is 22.4 Å². The molecule has 216 valence electrons. The van der Waals surface area contributed by atoms with Crippen molar-refractivity contribution in [2.24, 2.45) is 0 Å². The summed E-state index contributed by atoms with van der Waals surface area (Å²) < 4.78 is 52.5. The number of nitrogens with zero attached hydrogens (tertiary/aromatic N) is 4. The molecule has 0 atom stereocenters. The van der Waals surface area contributed by atoms with E-state index in [-0.39, 0.29) is 47.8 Å². The topological polar surface area (TPSA) is 90.1 Å². The van der Waals surface area contributed by atoms with Crippen LogP contribution in [-0.2, 0) is 19.6 Å². The van der Waals surface area contributed by atoms with Gasteiger partial charge >= 0.3 is 5.97 Å². The Balaban J connectivity index is 1.29. The number of carboxylic acids is 1. The lowest BCUT2D eigenvalue weighted by atomic mass is 10.0. The minimum atomic E-state index is -1.08. The molecule has 0 radical (unpaired) electrons. The van der Waals surface area contributed by atoms with Gasteiger partial charge in [-0.25, -0.2) is 32.9 Å². The Morgan fingerprint density at radius 1 is 0.953 bits per heavy atom. The summed E-state index contributed by atoms with van der Waals surface area (Å²) in [5.74, 6) is -2.28. The second kappa shape index (κ2) is 11.7. The Labute approximate surface area is 247 Å². The lowest BCUT2D eigenvalue weighted by Gasteiger charge is -2.11. The van der Waals surface area contributed by atoms with Crippen LogP contribution in [0.3, 0.4) is 0 Å². The monoisotopic (exact) mass is 600 g/mol. The molecule has 0 aliphatic heterocycles. The third-order valence-corrected chi connectivity index (χ3v) is 7.68. The first kappa shape index (κ1) is 28.1. The van der Waals surface area contributed by atoms with Crippen LogP contribution in [0.1, 0.15) is 37.9 Å². The van der Waals surface area contributed by atoms with Crippen LogP contribution >= 0.6 is 11.3 Å². The van der Waals surface area contributed by atoms with Gasteiger partial charge in [-0.05, 0) is 60.5 Å². The molecule has 0 unspecified atom stereocenters. The molecule has 6 rings (SSSR count). The van der Waals surface area contributed by atoms with Gasteiger partial charge in [0, 0.05) is 35.2 Å². The maximum Gasteiger partial charge on any atom is 0.335 e. The Bertz CT molecular complexity index is 1980. The third-order valence-electron chi connectivity index (χ3n) is 6.92. The van der Waals surface area contributed by atoms with Gasteiger partial charge < -0.3 is 14.4 Å². The largest absolute Gasteiger partial charge is 0.478 e. The molecule has 0 aliphatic rings. The molecular formula is C32H23F3N4O3S. The maximum absolute atomic E-state index is 15.5. The van der Waals surface area contributed by atoms with Gasteiger partial charge in [-0.15, -0.1) is 11.3 Å². The molecule has 11 heteroatoms. The van der Waals surface area contributed by atoms with Crippen molar-refractivity contribution in [2.75, 3.05) is 0 Å². The Morgan fingerprint density at radius 2 is 1.79 bits per heavy atom. The zero-order valence-corrected chi connectivity index (χ0v) is 23.5. The smallest absolute Gasteiger partial charge is 0.335 e. The van der Waals surface area contributed by atoms with Crippen LogP contribution in [0.25, 0.3) is 22.3 Å². The van der Waals surface area contributed by atoms with Crippen LogP contribution in [-0.4, -0.2) is 30.6 Å². The fourth-order valence-corrected chi connectivity index (χ4v) is 5.34. The van der Waals surface area contributed by atoms with Crippen molar-refractivity contribution >= 4 is 28.3 Å². The molecule has 43 heavy (non-hydrogen) atoms. The SMILES string of the molecule is Cc1ccc(COc2cccc(-c3cc(F)c(Cc4nc5ccc(C(=O)O)cc5n4Cc4nccs4)cc3F)n2)c(F)c1. The number of carboxylic acid groups (broad SMARTS) is 1. The fraction of sp³-hybridized carbons (Fsp3) is 0.125. The number of aryl methyl sites for hydroxylation is 1. The first-order valence-electron chi connectivity index (χ1n) is 13.2. The average Bonchev–Trinajstić information content (AvgIpc) is 3.62. The van der Waals surface area contributed by atoms with E-state index >= 15 is 8.78 Å². The van der Waals surface area contributed by atoms with Gasteiger partial charge in [0.1, 0.15) is 34.9 Å². The number of thiazole rings is 1. The molecule has 0 fully saturated rings. The number of aromatic carboxylic acids is 1. The second-order valence-electron chi connectivity index (χ2n) is 9.89. The van der Waals surface area contributed by atoms with E-state index in [1.165, 1.54) is 35.6 Å². The number of pyridine rings is 1. The minimum absolute atomic E-state index is 0.0514. The highest BCUT2D eigenvalue weighted by atomic mass is 32.1. The van der Waals surface area contributed by atoms with E-state index in [1.54, 1.807) is 48.0 Å². The molecule has 0 spiro atoms.